The number of aliphatic hydroxyl groups excluding tert-OH is 1. The third-order valence-electron chi connectivity index (χ3n) is 1.83. The molecule has 86 valence electrons. The van der Waals surface area contributed by atoms with Crippen molar-refractivity contribution in [2.45, 2.75) is 0 Å². The first-order valence-electron chi connectivity index (χ1n) is 4.48. The summed E-state index contributed by atoms with van der Waals surface area (Å²) < 4.78 is 0. The Labute approximate surface area is 104 Å². The summed E-state index contributed by atoms with van der Waals surface area (Å²) in [5.41, 5.74) is 0. The van der Waals surface area contributed by atoms with E-state index < -0.39 is 11.7 Å². The molecule has 0 spiro atoms. The fourth-order valence-corrected chi connectivity index (χ4v) is 1.70. The molecule has 0 aromatic carbocycles. The summed E-state index contributed by atoms with van der Waals surface area (Å²) in [5, 5.41) is 15.1. The van der Waals surface area contributed by atoms with E-state index in [1.807, 2.05) is 0 Å². The number of rotatable bonds is 2. The van der Waals surface area contributed by atoms with Crippen molar-refractivity contribution >= 4 is 40.6 Å². The second-order valence-corrected chi connectivity index (χ2v) is 3.70. The number of carbonyl (C=O) groups is 1. The molecule has 1 fully saturated rings. The lowest BCUT2D eigenvalue weighted by molar-refractivity contribution is -0.118. The number of aliphatic hydroxyl groups is 1. The number of amides is 1. The minimum Gasteiger partial charge on any atom is -0.503 e. The minimum atomic E-state index is -0.681. The van der Waals surface area contributed by atoms with E-state index in [0.717, 1.165) is 0 Å². The Morgan fingerprint density at radius 3 is 2.88 bits per heavy atom. The van der Waals surface area contributed by atoms with Gasteiger partial charge in [0.2, 0.25) is 0 Å². The number of nitrogens with zero attached hydrogens (tertiary/aromatic N) is 1. The van der Waals surface area contributed by atoms with Gasteiger partial charge < -0.3 is 10.4 Å². The van der Waals surface area contributed by atoms with Crippen LogP contribution < -0.4 is 10.6 Å². The molecule has 1 aliphatic rings. The quantitative estimate of drug-likeness (QED) is 0.284. The molecule has 5 nitrogen and oxygen atoms in total. The van der Waals surface area contributed by atoms with Crippen molar-refractivity contribution in [2.75, 3.05) is 13.1 Å². The lowest BCUT2D eigenvalue weighted by Crippen LogP contribution is -2.44. The number of hydrogen-bond donors (Lipinski definition) is 3. The minimum absolute atomic E-state index is 0.170. The third-order valence-corrected chi connectivity index (χ3v) is 2.52. The van der Waals surface area contributed by atoms with Crippen LogP contribution in [0.4, 0.5) is 0 Å². The SMILES string of the molecule is C=C/C=C(\O)C(=O)NC(=S)N1CCNC1=S. The van der Waals surface area contributed by atoms with Crippen LogP contribution in [0.2, 0.25) is 0 Å². The maximum Gasteiger partial charge on any atom is 0.292 e. The van der Waals surface area contributed by atoms with Crippen molar-refractivity contribution in [3.05, 3.63) is 24.5 Å². The van der Waals surface area contributed by atoms with Crippen molar-refractivity contribution in [3.8, 4) is 0 Å². The number of nitrogens with one attached hydrogen (secondary N) is 2. The lowest BCUT2D eigenvalue weighted by atomic mass is 10.4. The van der Waals surface area contributed by atoms with Gasteiger partial charge in [0.05, 0.1) is 0 Å². The largest absolute Gasteiger partial charge is 0.503 e. The molecule has 0 unspecified atom stereocenters. The summed E-state index contributed by atoms with van der Waals surface area (Å²) in [6.45, 7) is 4.65. The van der Waals surface area contributed by atoms with Gasteiger partial charge in [-0.3, -0.25) is 15.0 Å². The fraction of sp³-hybridized carbons (Fsp3) is 0.222. The predicted molar refractivity (Wildman–Crippen MR) is 69.0 cm³/mol. The summed E-state index contributed by atoms with van der Waals surface area (Å²) in [4.78, 5) is 12.9. The monoisotopic (exact) mass is 257 g/mol. The van der Waals surface area contributed by atoms with Crippen molar-refractivity contribution < 1.29 is 9.90 Å². The molecule has 1 heterocycles. The topological polar surface area (TPSA) is 64.6 Å². The first-order chi connectivity index (χ1) is 7.56. The predicted octanol–water partition coefficient (Wildman–Crippen LogP) is 0.205. The number of thiocarbonyl (C=S) groups is 2. The van der Waals surface area contributed by atoms with E-state index in [4.69, 9.17) is 24.4 Å². The van der Waals surface area contributed by atoms with Crippen LogP contribution in [0.5, 0.6) is 0 Å². The zero-order chi connectivity index (χ0) is 12.1. The van der Waals surface area contributed by atoms with Gasteiger partial charge in [-0.15, -0.1) is 0 Å². The normalized spacial score (nSPS) is 15.6. The zero-order valence-electron chi connectivity index (χ0n) is 8.40. The van der Waals surface area contributed by atoms with Crippen LogP contribution in [0.25, 0.3) is 0 Å². The first-order valence-corrected chi connectivity index (χ1v) is 5.30. The molecule has 0 aromatic rings. The molecule has 0 atom stereocenters. The summed E-state index contributed by atoms with van der Waals surface area (Å²) in [5.74, 6) is -1.13. The Bertz CT molecular complexity index is 379. The van der Waals surface area contributed by atoms with Crippen molar-refractivity contribution in [2.24, 2.45) is 0 Å². The average molecular weight is 257 g/mol. The second kappa shape index (κ2) is 5.57. The number of allylic oxidation sites excluding steroid dienone is 2. The highest BCUT2D eigenvalue weighted by molar-refractivity contribution is 7.81. The molecule has 0 aliphatic carbocycles. The first kappa shape index (κ1) is 12.6. The standard InChI is InChI=1S/C9H11N3O2S2/c1-2-3-6(13)7(14)11-9(16)12-5-4-10-8(12)15/h2-3,13H,1,4-5H2,(H,10,15)(H,11,14,16)/b6-3-. The highest BCUT2D eigenvalue weighted by atomic mass is 32.1. The van der Waals surface area contributed by atoms with Gasteiger partial charge in [0.15, 0.2) is 16.0 Å². The van der Waals surface area contributed by atoms with Crippen molar-refractivity contribution in [1.82, 2.24) is 15.5 Å². The van der Waals surface area contributed by atoms with Gasteiger partial charge in [0.1, 0.15) is 0 Å². The molecule has 3 N–H and O–H groups in total. The van der Waals surface area contributed by atoms with E-state index in [0.29, 0.717) is 18.2 Å². The van der Waals surface area contributed by atoms with Gasteiger partial charge in [-0.2, -0.15) is 0 Å². The highest BCUT2D eigenvalue weighted by Crippen LogP contribution is 1.99. The Morgan fingerprint density at radius 2 is 2.38 bits per heavy atom. The Kier molecular flexibility index (Phi) is 4.39. The van der Waals surface area contributed by atoms with Crippen LogP contribution in [0, 0.1) is 0 Å². The van der Waals surface area contributed by atoms with Crippen LogP contribution in [-0.2, 0) is 4.79 Å². The lowest BCUT2D eigenvalue weighted by Gasteiger charge is -2.17. The van der Waals surface area contributed by atoms with Crippen LogP contribution in [0.1, 0.15) is 0 Å². The maximum absolute atomic E-state index is 11.4. The maximum atomic E-state index is 11.4. The van der Waals surface area contributed by atoms with E-state index in [-0.39, 0.29) is 5.11 Å². The molecule has 0 saturated carbocycles. The summed E-state index contributed by atoms with van der Waals surface area (Å²) >= 11 is 9.94. The summed E-state index contributed by atoms with van der Waals surface area (Å²) in [7, 11) is 0. The van der Waals surface area contributed by atoms with E-state index in [9.17, 15) is 9.90 Å². The molecular formula is C9H11N3O2S2. The number of hydrogen-bond acceptors (Lipinski definition) is 4. The van der Waals surface area contributed by atoms with Crippen LogP contribution in [-0.4, -0.2) is 39.2 Å². The Hall–Kier alpha value is -1.47. The molecule has 0 radical (unpaired) electrons. The van der Waals surface area contributed by atoms with Gasteiger partial charge in [-0.1, -0.05) is 12.7 Å². The van der Waals surface area contributed by atoms with Crippen molar-refractivity contribution in [1.29, 1.82) is 0 Å². The van der Waals surface area contributed by atoms with E-state index in [2.05, 4.69) is 17.2 Å². The molecular weight excluding hydrogens is 246 g/mol. The molecule has 1 amide bonds. The van der Waals surface area contributed by atoms with E-state index >= 15 is 0 Å². The van der Waals surface area contributed by atoms with Gasteiger partial charge in [-0.05, 0) is 30.5 Å². The fourth-order valence-electron chi connectivity index (χ4n) is 1.08. The third kappa shape index (κ3) is 3.01. The van der Waals surface area contributed by atoms with Crippen LogP contribution in [0.15, 0.2) is 24.5 Å². The molecule has 7 heteroatoms. The van der Waals surface area contributed by atoms with Gasteiger partial charge in [0.25, 0.3) is 5.91 Å². The number of carbonyl (C=O) groups excluding carboxylic acids is 1. The smallest absolute Gasteiger partial charge is 0.292 e. The Morgan fingerprint density at radius 1 is 1.69 bits per heavy atom. The molecule has 1 rings (SSSR count). The second-order valence-electron chi connectivity index (χ2n) is 2.93. The summed E-state index contributed by atoms with van der Waals surface area (Å²) in [6, 6.07) is 0. The van der Waals surface area contributed by atoms with Gasteiger partial charge >= 0.3 is 0 Å². The van der Waals surface area contributed by atoms with E-state index in [1.165, 1.54) is 12.2 Å². The van der Waals surface area contributed by atoms with Gasteiger partial charge in [-0.25, -0.2) is 0 Å². The molecule has 0 aromatic heterocycles. The zero-order valence-corrected chi connectivity index (χ0v) is 10.0. The average Bonchev–Trinajstić information content (AvgIpc) is 2.64. The van der Waals surface area contributed by atoms with Crippen molar-refractivity contribution in [3.63, 3.8) is 0 Å². The van der Waals surface area contributed by atoms with Gasteiger partial charge in [0, 0.05) is 13.1 Å². The molecule has 0 bridgehead atoms. The van der Waals surface area contributed by atoms with Crippen LogP contribution >= 0.6 is 24.4 Å². The summed E-state index contributed by atoms with van der Waals surface area (Å²) in [6.07, 6.45) is 2.48. The Balaban J connectivity index is 2.58. The molecule has 1 saturated heterocycles. The molecule has 1 aliphatic heterocycles. The van der Waals surface area contributed by atoms with E-state index in [1.54, 1.807) is 4.90 Å². The van der Waals surface area contributed by atoms with Crippen LogP contribution in [0.3, 0.4) is 0 Å². The molecule has 16 heavy (non-hydrogen) atoms. The highest BCUT2D eigenvalue weighted by Gasteiger charge is 2.21.